The van der Waals surface area contributed by atoms with Gasteiger partial charge in [-0.2, -0.15) is 5.26 Å². The molecule has 0 rings (SSSR count). The molecule has 0 saturated carbocycles. The Bertz CT molecular complexity index is 178. The second-order valence-electron chi connectivity index (χ2n) is 4.22. The molecule has 86 valence electrons. The number of nitriles is 1. The van der Waals surface area contributed by atoms with Crippen LogP contribution in [0, 0.1) is 17.2 Å². The van der Waals surface area contributed by atoms with Gasteiger partial charge in [0.2, 0.25) is 0 Å². The molecule has 0 aliphatic rings. The zero-order valence-corrected chi connectivity index (χ0v) is 10.2. The molecule has 0 aliphatic carbocycles. The van der Waals surface area contributed by atoms with Crippen LogP contribution in [-0.4, -0.2) is 0 Å². The van der Waals surface area contributed by atoms with E-state index in [1.165, 1.54) is 38.5 Å². The minimum absolute atomic E-state index is 0.297. The molecule has 0 N–H and O–H groups in total. The summed E-state index contributed by atoms with van der Waals surface area (Å²) in [6.45, 7) is 5.82. The molecule has 0 fully saturated rings. The summed E-state index contributed by atoms with van der Waals surface area (Å²) >= 11 is 0. The molecule has 0 aromatic carbocycles. The van der Waals surface area contributed by atoms with Crippen LogP contribution in [0.3, 0.4) is 0 Å². The average Bonchev–Trinajstić information content (AvgIpc) is 2.27. The lowest BCUT2D eigenvalue weighted by atomic mass is 9.99. The van der Waals surface area contributed by atoms with Crippen molar-refractivity contribution in [3.8, 4) is 6.07 Å². The second kappa shape index (κ2) is 11.3. The van der Waals surface area contributed by atoms with E-state index < -0.39 is 0 Å². The third-order valence-corrected chi connectivity index (χ3v) is 2.89. The molecule has 15 heavy (non-hydrogen) atoms. The zero-order valence-electron chi connectivity index (χ0n) is 10.2. The fraction of sp³-hybridized carbons (Fsp3) is 0.786. The van der Waals surface area contributed by atoms with E-state index in [-0.39, 0.29) is 0 Å². The van der Waals surface area contributed by atoms with Gasteiger partial charge in [-0.1, -0.05) is 45.1 Å². The third kappa shape index (κ3) is 9.53. The van der Waals surface area contributed by atoms with Crippen LogP contribution in [0.25, 0.3) is 0 Å². The van der Waals surface area contributed by atoms with Crippen LogP contribution in [0.1, 0.15) is 64.7 Å². The van der Waals surface area contributed by atoms with Gasteiger partial charge in [-0.15, -0.1) is 6.58 Å². The number of hydrogen-bond acceptors (Lipinski definition) is 1. The first-order valence-electron chi connectivity index (χ1n) is 6.35. The summed E-state index contributed by atoms with van der Waals surface area (Å²) in [7, 11) is 0. The summed E-state index contributed by atoms with van der Waals surface area (Å²) in [5.41, 5.74) is 0. The summed E-state index contributed by atoms with van der Waals surface area (Å²) in [6, 6.07) is 2.36. The van der Waals surface area contributed by atoms with Crippen molar-refractivity contribution in [1.82, 2.24) is 0 Å². The maximum absolute atomic E-state index is 8.77. The predicted octanol–water partition coefficient (Wildman–Crippen LogP) is 4.84. The highest BCUT2D eigenvalue weighted by Gasteiger charge is 2.02. The first-order valence-corrected chi connectivity index (χ1v) is 6.35. The van der Waals surface area contributed by atoms with E-state index in [0.29, 0.717) is 5.92 Å². The van der Waals surface area contributed by atoms with Crippen molar-refractivity contribution in [2.45, 2.75) is 64.7 Å². The molecule has 0 radical (unpaired) electrons. The van der Waals surface area contributed by atoms with Crippen LogP contribution in [-0.2, 0) is 0 Å². The third-order valence-electron chi connectivity index (χ3n) is 2.89. The van der Waals surface area contributed by atoms with E-state index in [4.69, 9.17) is 5.26 Å². The van der Waals surface area contributed by atoms with Gasteiger partial charge in [0, 0.05) is 5.92 Å². The van der Waals surface area contributed by atoms with Gasteiger partial charge in [-0.3, -0.25) is 0 Å². The zero-order chi connectivity index (χ0) is 11.4. The fourth-order valence-electron chi connectivity index (χ4n) is 1.75. The number of rotatable bonds is 10. The molecule has 0 aliphatic heterocycles. The quantitative estimate of drug-likeness (QED) is 0.371. The highest BCUT2D eigenvalue weighted by atomic mass is 14.3. The molecule has 0 bridgehead atoms. The molecular formula is C14H25N. The maximum Gasteiger partial charge on any atom is 0.0655 e. The van der Waals surface area contributed by atoms with E-state index in [9.17, 15) is 0 Å². The van der Waals surface area contributed by atoms with Gasteiger partial charge in [-0.25, -0.2) is 0 Å². The normalized spacial score (nSPS) is 12.0. The predicted molar refractivity (Wildman–Crippen MR) is 66.5 cm³/mol. The smallest absolute Gasteiger partial charge is 0.0655 e. The van der Waals surface area contributed by atoms with Crippen LogP contribution < -0.4 is 0 Å². The molecule has 0 spiro atoms. The van der Waals surface area contributed by atoms with E-state index in [2.05, 4.69) is 19.6 Å². The number of nitrogens with zero attached hydrogens (tertiary/aromatic N) is 1. The van der Waals surface area contributed by atoms with Crippen molar-refractivity contribution < 1.29 is 0 Å². The van der Waals surface area contributed by atoms with Crippen molar-refractivity contribution in [3.63, 3.8) is 0 Å². The van der Waals surface area contributed by atoms with Crippen LogP contribution in [0.4, 0.5) is 0 Å². The van der Waals surface area contributed by atoms with E-state index in [1.807, 2.05) is 6.08 Å². The Kier molecular flexibility index (Phi) is 10.7. The Morgan fingerprint density at radius 2 is 1.73 bits per heavy atom. The number of allylic oxidation sites excluding steroid dienone is 1. The fourth-order valence-corrected chi connectivity index (χ4v) is 1.75. The number of unbranched alkanes of at least 4 members (excludes halogenated alkanes) is 6. The second-order valence-corrected chi connectivity index (χ2v) is 4.22. The minimum Gasteiger partial charge on any atom is -0.198 e. The highest BCUT2D eigenvalue weighted by Crippen LogP contribution is 2.14. The summed E-state index contributed by atoms with van der Waals surface area (Å²) < 4.78 is 0. The Hall–Kier alpha value is -0.770. The molecule has 1 heteroatoms. The SMILES string of the molecule is C=CCCCCCCCCC(C#N)CC. The molecule has 1 unspecified atom stereocenters. The van der Waals surface area contributed by atoms with E-state index in [0.717, 1.165) is 19.3 Å². The Morgan fingerprint density at radius 1 is 1.13 bits per heavy atom. The van der Waals surface area contributed by atoms with Crippen LogP contribution in [0.5, 0.6) is 0 Å². The molecule has 0 aromatic heterocycles. The van der Waals surface area contributed by atoms with Crippen molar-refractivity contribution in [2.24, 2.45) is 5.92 Å². The molecule has 0 aromatic rings. The Balaban J connectivity index is 3.11. The van der Waals surface area contributed by atoms with Crippen molar-refractivity contribution in [1.29, 1.82) is 5.26 Å². The lowest BCUT2D eigenvalue weighted by molar-refractivity contribution is 0.514. The van der Waals surface area contributed by atoms with Gasteiger partial charge in [0.05, 0.1) is 6.07 Å². The Labute approximate surface area is 95.2 Å². The first kappa shape index (κ1) is 14.2. The molecule has 0 heterocycles. The topological polar surface area (TPSA) is 23.8 Å². The van der Waals surface area contributed by atoms with Crippen molar-refractivity contribution in [2.75, 3.05) is 0 Å². The first-order chi connectivity index (χ1) is 7.35. The van der Waals surface area contributed by atoms with Crippen LogP contribution in [0.2, 0.25) is 0 Å². The van der Waals surface area contributed by atoms with Gasteiger partial charge in [0.25, 0.3) is 0 Å². The summed E-state index contributed by atoms with van der Waals surface area (Å²) in [4.78, 5) is 0. The highest BCUT2D eigenvalue weighted by molar-refractivity contribution is 4.80. The van der Waals surface area contributed by atoms with E-state index in [1.54, 1.807) is 0 Å². The monoisotopic (exact) mass is 207 g/mol. The van der Waals surface area contributed by atoms with Crippen LogP contribution in [0.15, 0.2) is 12.7 Å². The molecular weight excluding hydrogens is 182 g/mol. The van der Waals surface area contributed by atoms with Gasteiger partial charge in [-0.05, 0) is 25.7 Å². The standard InChI is InChI=1S/C14H25N/c1-3-5-6-7-8-9-10-11-12-14(4-2)13-15/h3,14H,1,4-12H2,2H3. The molecule has 1 atom stereocenters. The Morgan fingerprint density at radius 3 is 2.27 bits per heavy atom. The molecule has 0 saturated heterocycles. The minimum atomic E-state index is 0.297. The van der Waals surface area contributed by atoms with Gasteiger partial charge in [0.1, 0.15) is 0 Å². The maximum atomic E-state index is 8.77. The lowest BCUT2D eigenvalue weighted by Crippen LogP contribution is -1.94. The average molecular weight is 207 g/mol. The van der Waals surface area contributed by atoms with Gasteiger partial charge in [0.15, 0.2) is 0 Å². The van der Waals surface area contributed by atoms with Gasteiger partial charge >= 0.3 is 0 Å². The molecule has 1 nitrogen and oxygen atoms in total. The van der Waals surface area contributed by atoms with Gasteiger partial charge < -0.3 is 0 Å². The van der Waals surface area contributed by atoms with E-state index >= 15 is 0 Å². The summed E-state index contributed by atoms with van der Waals surface area (Å²) in [5.74, 6) is 0.297. The van der Waals surface area contributed by atoms with Crippen molar-refractivity contribution >= 4 is 0 Å². The van der Waals surface area contributed by atoms with Crippen molar-refractivity contribution in [3.05, 3.63) is 12.7 Å². The summed E-state index contributed by atoms with van der Waals surface area (Å²) in [6.07, 6.45) is 13.1. The lowest BCUT2D eigenvalue weighted by Gasteiger charge is -2.05. The number of hydrogen-bond donors (Lipinski definition) is 0. The largest absolute Gasteiger partial charge is 0.198 e. The molecule has 0 amide bonds. The summed E-state index contributed by atoms with van der Waals surface area (Å²) in [5, 5.41) is 8.77. The van der Waals surface area contributed by atoms with Crippen LogP contribution >= 0.6 is 0 Å².